The Hall–Kier alpha value is -2.07. The van der Waals surface area contributed by atoms with E-state index in [9.17, 15) is 13.6 Å². The average Bonchev–Trinajstić information content (AvgIpc) is 2.91. The molecule has 3 atom stereocenters. The minimum Gasteiger partial charge on any atom is -0.376 e. The Kier molecular flexibility index (Phi) is 4.76. The fraction of sp³-hybridized carbons (Fsp3) is 0.350. The molecule has 3 rings (SSSR count). The van der Waals surface area contributed by atoms with E-state index in [1.165, 1.54) is 17.7 Å². The second kappa shape index (κ2) is 6.81. The van der Waals surface area contributed by atoms with Gasteiger partial charge in [-0.05, 0) is 29.2 Å². The van der Waals surface area contributed by atoms with Crippen molar-refractivity contribution in [1.29, 1.82) is 0 Å². The van der Waals surface area contributed by atoms with Crippen LogP contribution in [0.4, 0.5) is 8.78 Å². The van der Waals surface area contributed by atoms with Crippen LogP contribution in [0.5, 0.6) is 0 Å². The van der Waals surface area contributed by atoms with Gasteiger partial charge in [-0.15, -0.1) is 0 Å². The zero-order valence-electron chi connectivity index (χ0n) is 13.8. The molecule has 0 aliphatic heterocycles. The highest BCUT2D eigenvalue weighted by Crippen LogP contribution is 2.41. The minimum absolute atomic E-state index is 0.0471. The smallest absolute Gasteiger partial charge is 0.140 e. The molecule has 0 radical (unpaired) electrons. The lowest BCUT2D eigenvalue weighted by molar-refractivity contribution is -0.122. The molecule has 24 heavy (non-hydrogen) atoms. The molecule has 1 aliphatic rings. The molecule has 0 spiro atoms. The van der Waals surface area contributed by atoms with Crippen molar-refractivity contribution in [3.05, 3.63) is 70.8 Å². The van der Waals surface area contributed by atoms with Gasteiger partial charge in [-0.1, -0.05) is 37.3 Å². The Balaban J connectivity index is 1.75. The number of ketones is 1. The molecule has 126 valence electrons. The molecule has 0 aromatic heterocycles. The van der Waals surface area contributed by atoms with Crippen LogP contribution in [0, 0.1) is 17.6 Å². The van der Waals surface area contributed by atoms with Gasteiger partial charge in [0.2, 0.25) is 0 Å². The van der Waals surface area contributed by atoms with E-state index in [2.05, 4.69) is 6.07 Å². The molecule has 4 heteroatoms. The number of ether oxygens (including phenoxy) is 1. The summed E-state index contributed by atoms with van der Waals surface area (Å²) in [5, 5.41) is 0. The van der Waals surface area contributed by atoms with Crippen molar-refractivity contribution in [2.24, 2.45) is 5.92 Å². The number of halogens is 2. The molecular formula is C20H20F2O2. The monoisotopic (exact) mass is 330 g/mol. The lowest BCUT2D eigenvalue weighted by atomic mass is 9.88. The standard InChI is InChI=1S/C20H20F2O2/c1-12(16-8-7-15(21)11-18(16)22)19(23)10-14-9-13-5-3-4-6-17(13)20(14)24-2/h3-8,11-12,14,20H,9-10H2,1-2H3/t12-,14?,20?/m0/s1. The molecule has 2 nitrogen and oxygen atoms in total. The summed E-state index contributed by atoms with van der Waals surface area (Å²) in [6.45, 7) is 1.67. The van der Waals surface area contributed by atoms with Gasteiger partial charge in [0.25, 0.3) is 0 Å². The summed E-state index contributed by atoms with van der Waals surface area (Å²) in [6, 6.07) is 11.4. The third-order valence-electron chi connectivity index (χ3n) is 4.90. The van der Waals surface area contributed by atoms with E-state index in [4.69, 9.17) is 4.74 Å². The highest BCUT2D eigenvalue weighted by atomic mass is 19.1. The fourth-order valence-electron chi connectivity index (χ4n) is 3.60. The first-order valence-corrected chi connectivity index (χ1v) is 8.09. The van der Waals surface area contributed by atoms with Crippen LogP contribution >= 0.6 is 0 Å². The van der Waals surface area contributed by atoms with E-state index in [-0.39, 0.29) is 23.4 Å². The Morgan fingerprint density at radius 1 is 1.25 bits per heavy atom. The van der Waals surface area contributed by atoms with Crippen molar-refractivity contribution in [1.82, 2.24) is 0 Å². The van der Waals surface area contributed by atoms with E-state index in [0.29, 0.717) is 6.42 Å². The molecule has 0 saturated carbocycles. The van der Waals surface area contributed by atoms with Crippen molar-refractivity contribution in [3.8, 4) is 0 Å². The zero-order valence-corrected chi connectivity index (χ0v) is 13.8. The molecular weight excluding hydrogens is 310 g/mol. The Bertz CT molecular complexity index is 757. The number of carbonyl (C=O) groups excluding carboxylic acids is 1. The number of rotatable bonds is 5. The average molecular weight is 330 g/mol. The van der Waals surface area contributed by atoms with Gasteiger partial charge in [-0.25, -0.2) is 8.78 Å². The quantitative estimate of drug-likeness (QED) is 0.801. The fourth-order valence-corrected chi connectivity index (χ4v) is 3.60. The number of Topliss-reactive ketones (excluding diaryl/α,β-unsaturated/α-hetero) is 1. The van der Waals surface area contributed by atoms with Crippen LogP contribution in [0.3, 0.4) is 0 Å². The van der Waals surface area contributed by atoms with E-state index in [0.717, 1.165) is 18.1 Å². The van der Waals surface area contributed by atoms with Gasteiger partial charge in [0, 0.05) is 31.4 Å². The van der Waals surface area contributed by atoms with Crippen LogP contribution in [0.15, 0.2) is 42.5 Å². The number of hydrogen-bond donors (Lipinski definition) is 0. The number of carbonyl (C=O) groups is 1. The van der Waals surface area contributed by atoms with Gasteiger partial charge in [0.05, 0.1) is 6.10 Å². The Morgan fingerprint density at radius 2 is 2.00 bits per heavy atom. The topological polar surface area (TPSA) is 26.3 Å². The summed E-state index contributed by atoms with van der Waals surface area (Å²) in [7, 11) is 1.65. The zero-order chi connectivity index (χ0) is 17.3. The normalized spacial score (nSPS) is 20.7. The number of fused-ring (bicyclic) bond motifs is 1. The molecule has 0 bridgehead atoms. The van der Waals surface area contributed by atoms with Gasteiger partial charge in [0.15, 0.2) is 0 Å². The summed E-state index contributed by atoms with van der Waals surface area (Å²) >= 11 is 0. The van der Waals surface area contributed by atoms with Crippen molar-refractivity contribution in [2.75, 3.05) is 7.11 Å². The van der Waals surface area contributed by atoms with Crippen LogP contribution in [0.1, 0.15) is 42.1 Å². The SMILES string of the molecule is COC1c2ccccc2CC1CC(=O)[C@@H](C)c1ccc(F)cc1F. The minimum atomic E-state index is -0.672. The molecule has 2 aromatic rings. The third kappa shape index (κ3) is 3.11. The van der Waals surface area contributed by atoms with Gasteiger partial charge in [-0.2, -0.15) is 0 Å². The summed E-state index contributed by atoms with van der Waals surface area (Å²) in [5.41, 5.74) is 2.56. The van der Waals surface area contributed by atoms with E-state index >= 15 is 0 Å². The van der Waals surface area contributed by atoms with Crippen molar-refractivity contribution in [3.63, 3.8) is 0 Å². The van der Waals surface area contributed by atoms with Gasteiger partial charge in [0.1, 0.15) is 17.4 Å². The van der Waals surface area contributed by atoms with E-state index in [1.54, 1.807) is 14.0 Å². The molecule has 0 saturated heterocycles. The first-order valence-electron chi connectivity index (χ1n) is 8.09. The Morgan fingerprint density at radius 3 is 2.71 bits per heavy atom. The maximum atomic E-state index is 13.9. The van der Waals surface area contributed by atoms with Gasteiger partial charge >= 0.3 is 0 Å². The lowest BCUT2D eigenvalue weighted by Gasteiger charge is -2.20. The van der Waals surface area contributed by atoms with Crippen molar-refractivity contribution in [2.45, 2.75) is 31.8 Å². The second-order valence-electron chi connectivity index (χ2n) is 6.38. The summed E-state index contributed by atoms with van der Waals surface area (Å²) in [4.78, 5) is 12.6. The molecule has 2 aromatic carbocycles. The highest BCUT2D eigenvalue weighted by molar-refractivity contribution is 5.85. The highest BCUT2D eigenvalue weighted by Gasteiger charge is 2.34. The molecule has 0 fully saturated rings. The molecule has 0 heterocycles. The lowest BCUT2D eigenvalue weighted by Crippen LogP contribution is -2.19. The molecule has 0 amide bonds. The predicted molar refractivity (Wildman–Crippen MR) is 87.8 cm³/mol. The summed E-state index contributed by atoms with van der Waals surface area (Å²) in [6.07, 6.45) is 0.972. The second-order valence-corrected chi connectivity index (χ2v) is 6.38. The Labute approximate surface area is 140 Å². The van der Waals surface area contributed by atoms with E-state index in [1.807, 2.05) is 18.2 Å². The van der Waals surface area contributed by atoms with Crippen LogP contribution in [-0.2, 0) is 16.0 Å². The first kappa shape index (κ1) is 16.8. The van der Waals surface area contributed by atoms with Crippen molar-refractivity contribution < 1.29 is 18.3 Å². The summed E-state index contributed by atoms with van der Waals surface area (Å²) in [5.74, 6) is -1.92. The molecule has 2 unspecified atom stereocenters. The maximum Gasteiger partial charge on any atom is 0.140 e. The molecule has 0 N–H and O–H groups in total. The van der Waals surface area contributed by atoms with Crippen LogP contribution in [0.25, 0.3) is 0 Å². The number of methoxy groups -OCH3 is 1. The largest absolute Gasteiger partial charge is 0.376 e. The van der Waals surface area contributed by atoms with Crippen LogP contribution in [0.2, 0.25) is 0 Å². The molecule has 1 aliphatic carbocycles. The number of hydrogen-bond acceptors (Lipinski definition) is 2. The maximum absolute atomic E-state index is 13.9. The number of benzene rings is 2. The first-order chi connectivity index (χ1) is 11.5. The predicted octanol–water partition coefficient (Wildman–Crippen LogP) is 4.59. The van der Waals surface area contributed by atoms with E-state index < -0.39 is 17.6 Å². The summed E-state index contributed by atoms with van der Waals surface area (Å²) < 4.78 is 32.6. The van der Waals surface area contributed by atoms with Gasteiger partial charge < -0.3 is 4.74 Å². The third-order valence-corrected chi connectivity index (χ3v) is 4.90. The van der Waals surface area contributed by atoms with Crippen LogP contribution < -0.4 is 0 Å². The van der Waals surface area contributed by atoms with Gasteiger partial charge in [-0.3, -0.25) is 4.79 Å². The van der Waals surface area contributed by atoms with Crippen LogP contribution in [-0.4, -0.2) is 12.9 Å². The van der Waals surface area contributed by atoms with Crippen molar-refractivity contribution >= 4 is 5.78 Å².